The van der Waals surface area contributed by atoms with Gasteiger partial charge in [0.25, 0.3) is 0 Å². The predicted molar refractivity (Wildman–Crippen MR) is 78.4 cm³/mol. The third-order valence-corrected chi connectivity index (χ3v) is 4.04. The Kier molecular flexibility index (Phi) is 3.88. The summed E-state index contributed by atoms with van der Waals surface area (Å²) in [6.07, 6.45) is 1.01. The molecule has 1 unspecified atom stereocenters. The lowest BCUT2D eigenvalue weighted by Gasteiger charge is -2.29. The van der Waals surface area contributed by atoms with E-state index in [1.807, 2.05) is 12.1 Å². The topological polar surface area (TPSA) is 32.3 Å². The molecule has 4 heteroatoms. The van der Waals surface area contributed by atoms with Crippen molar-refractivity contribution in [1.29, 1.82) is 0 Å². The molecule has 0 saturated carbocycles. The van der Waals surface area contributed by atoms with Gasteiger partial charge in [-0.2, -0.15) is 0 Å². The highest BCUT2D eigenvalue weighted by Crippen LogP contribution is 2.45. The van der Waals surface area contributed by atoms with E-state index in [-0.39, 0.29) is 17.4 Å². The highest BCUT2D eigenvalue weighted by molar-refractivity contribution is 6.30. The van der Waals surface area contributed by atoms with Crippen molar-refractivity contribution >= 4 is 17.5 Å². The molecule has 3 nitrogen and oxygen atoms in total. The van der Waals surface area contributed by atoms with Gasteiger partial charge in [-0.25, -0.2) is 0 Å². The fourth-order valence-electron chi connectivity index (χ4n) is 2.74. The quantitative estimate of drug-likeness (QED) is 0.923. The fraction of sp³-hybridized carbons (Fsp3) is 0.533. The molecular weight excluding hydrogens is 260 g/mol. The predicted octanol–water partition coefficient (Wildman–Crippen LogP) is 2.64. The Balaban J connectivity index is 2.19. The van der Waals surface area contributed by atoms with E-state index in [1.54, 1.807) is 19.0 Å². The van der Waals surface area contributed by atoms with Crippen LogP contribution in [0.2, 0.25) is 5.02 Å². The number of benzene rings is 1. The molecule has 104 valence electrons. The Morgan fingerprint density at radius 3 is 2.79 bits per heavy atom. The highest BCUT2D eigenvalue weighted by atomic mass is 35.5. The van der Waals surface area contributed by atoms with Crippen molar-refractivity contribution < 1.29 is 4.79 Å². The molecule has 1 aliphatic rings. The van der Waals surface area contributed by atoms with Gasteiger partial charge in [0.1, 0.15) is 0 Å². The van der Waals surface area contributed by atoms with Crippen LogP contribution >= 0.6 is 11.6 Å². The van der Waals surface area contributed by atoms with E-state index in [1.165, 1.54) is 11.1 Å². The first kappa shape index (κ1) is 14.4. The number of nitrogens with one attached hydrogen (secondary N) is 1. The minimum atomic E-state index is 0.0891. The molecule has 2 rings (SSSR count). The zero-order valence-electron chi connectivity index (χ0n) is 12.0. The number of nitrogens with zero attached hydrogens (tertiary/aromatic N) is 1. The van der Waals surface area contributed by atoms with Gasteiger partial charge in [0.2, 0.25) is 5.91 Å². The summed E-state index contributed by atoms with van der Waals surface area (Å²) in [6, 6.07) is 6.22. The maximum absolute atomic E-state index is 11.7. The van der Waals surface area contributed by atoms with Gasteiger partial charge in [0.05, 0.1) is 6.54 Å². The Labute approximate surface area is 119 Å². The monoisotopic (exact) mass is 280 g/mol. The number of fused-ring (bicyclic) bond motifs is 1. The van der Waals surface area contributed by atoms with Crippen LogP contribution < -0.4 is 5.32 Å². The molecule has 1 N–H and O–H groups in total. The third kappa shape index (κ3) is 2.93. The van der Waals surface area contributed by atoms with E-state index in [4.69, 9.17) is 11.6 Å². The van der Waals surface area contributed by atoms with Crippen molar-refractivity contribution in [2.45, 2.75) is 26.3 Å². The number of rotatable bonds is 3. The summed E-state index contributed by atoms with van der Waals surface area (Å²) in [5, 5.41) is 4.14. The lowest BCUT2D eigenvalue weighted by atomic mass is 9.85. The summed E-state index contributed by atoms with van der Waals surface area (Å²) in [7, 11) is 3.54. The van der Waals surface area contributed by atoms with Crippen molar-refractivity contribution in [2.75, 3.05) is 20.6 Å². The normalized spacial score (nSPS) is 20.2. The Hall–Kier alpha value is -1.06. The average molecular weight is 281 g/mol. The van der Waals surface area contributed by atoms with Gasteiger partial charge >= 0.3 is 0 Å². The number of carbonyl (C=O) groups is 1. The molecule has 0 heterocycles. The lowest BCUT2D eigenvalue weighted by Crippen LogP contribution is -2.38. The maximum Gasteiger partial charge on any atom is 0.236 e. The largest absolute Gasteiger partial charge is 0.348 e. The summed E-state index contributed by atoms with van der Waals surface area (Å²) in [4.78, 5) is 13.3. The second kappa shape index (κ2) is 5.14. The summed E-state index contributed by atoms with van der Waals surface area (Å²) in [5.41, 5.74) is 2.65. The lowest BCUT2D eigenvalue weighted by molar-refractivity contribution is -0.128. The van der Waals surface area contributed by atoms with Crippen LogP contribution in [0.3, 0.4) is 0 Å². The number of halogens is 1. The fourth-order valence-corrected chi connectivity index (χ4v) is 2.92. The highest BCUT2D eigenvalue weighted by Gasteiger charge is 2.38. The first-order chi connectivity index (χ1) is 8.81. The van der Waals surface area contributed by atoms with Gasteiger partial charge in [-0.1, -0.05) is 31.5 Å². The third-order valence-electron chi connectivity index (χ3n) is 3.80. The number of hydrogen-bond acceptors (Lipinski definition) is 2. The molecular formula is C15H21ClN2O. The summed E-state index contributed by atoms with van der Waals surface area (Å²) >= 11 is 6.09. The first-order valence-corrected chi connectivity index (χ1v) is 6.91. The van der Waals surface area contributed by atoms with Gasteiger partial charge < -0.3 is 10.2 Å². The standard InChI is InChI=1S/C15H21ClN2O/c1-15(2)8-10-5-6-11(16)7-12(10)14(15)17-9-13(19)18(3)4/h5-7,14,17H,8-9H2,1-4H3. The molecule has 0 saturated heterocycles. The van der Waals surface area contributed by atoms with Gasteiger partial charge in [0.15, 0.2) is 0 Å². The van der Waals surface area contributed by atoms with Gasteiger partial charge in [-0.15, -0.1) is 0 Å². The molecule has 1 aromatic carbocycles. The minimum Gasteiger partial charge on any atom is -0.348 e. The van der Waals surface area contributed by atoms with Gasteiger partial charge in [-0.05, 0) is 35.1 Å². The first-order valence-electron chi connectivity index (χ1n) is 6.53. The van der Waals surface area contributed by atoms with Crippen molar-refractivity contribution in [3.05, 3.63) is 34.3 Å². The van der Waals surface area contributed by atoms with Crippen LogP contribution in [0.1, 0.15) is 31.0 Å². The van der Waals surface area contributed by atoms with Gasteiger partial charge in [0, 0.05) is 25.2 Å². The SMILES string of the molecule is CN(C)C(=O)CNC1c2cc(Cl)ccc2CC1(C)C. The van der Waals surface area contributed by atoms with Crippen LogP contribution in [0, 0.1) is 5.41 Å². The summed E-state index contributed by atoms with van der Waals surface area (Å²) < 4.78 is 0. The second-order valence-electron chi connectivity index (χ2n) is 6.11. The molecule has 1 aromatic rings. The van der Waals surface area contributed by atoms with Crippen LogP contribution in [-0.2, 0) is 11.2 Å². The summed E-state index contributed by atoms with van der Waals surface area (Å²) in [6.45, 7) is 4.80. The molecule has 0 fully saturated rings. The van der Waals surface area contributed by atoms with E-state index in [9.17, 15) is 4.79 Å². The number of amides is 1. The Morgan fingerprint density at radius 2 is 2.16 bits per heavy atom. The number of likely N-dealkylation sites (N-methyl/N-ethyl adjacent to an activating group) is 1. The smallest absolute Gasteiger partial charge is 0.236 e. The molecule has 0 aromatic heterocycles. The van der Waals surface area contributed by atoms with Crippen LogP contribution in [0.5, 0.6) is 0 Å². The van der Waals surface area contributed by atoms with E-state index in [0.717, 1.165) is 11.4 Å². The van der Waals surface area contributed by atoms with Crippen molar-refractivity contribution in [3.8, 4) is 0 Å². The molecule has 1 atom stereocenters. The van der Waals surface area contributed by atoms with Crippen molar-refractivity contribution in [1.82, 2.24) is 10.2 Å². The minimum absolute atomic E-state index is 0.0891. The van der Waals surface area contributed by atoms with Gasteiger partial charge in [-0.3, -0.25) is 4.79 Å². The van der Waals surface area contributed by atoms with Crippen LogP contribution in [-0.4, -0.2) is 31.4 Å². The molecule has 19 heavy (non-hydrogen) atoms. The number of hydrogen-bond donors (Lipinski definition) is 1. The van der Waals surface area contributed by atoms with E-state index in [0.29, 0.717) is 6.54 Å². The van der Waals surface area contributed by atoms with Crippen LogP contribution in [0.25, 0.3) is 0 Å². The molecule has 0 bridgehead atoms. The van der Waals surface area contributed by atoms with E-state index >= 15 is 0 Å². The zero-order chi connectivity index (χ0) is 14.2. The maximum atomic E-state index is 11.7. The molecule has 1 amide bonds. The molecule has 0 spiro atoms. The van der Waals surface area contributed by atoms with Crippen LogP contribution in [0.4, 0.5) is 0 Å². The van der Waals surface area contributed by atoms with Crippen LogP contribution in [0.15, 0.2) is 18.2 Å². The van der Waals surface area contributed by atoms with E-state index in [2.05, 4.69) is 25.2 Å². The Morgan fingerprint density at radius 1 is 1.47 bits per heavy atom. The van der Waals surface area contributed by atoms with Crippen molar-refractivity contribution in [3.63, 3.8) is 0 Å². The van der Waals surface area contributed by atoms with Crippen molar-refractivity contribution in [2.24, 2.45) is 5.41 Å². The summed E-state index contributed by atoms with van der Waals surface area (Å²) in [5.74, 6) is 0.0891. The Bertz CT molecular complexity index is 497. The number of carbonyl (C=O) groups excluding carboxylic acids is 1. The zero-order valence-corrected chi connectivity index (χ0v) is 12.7. The average Bonchev–Trinajstić information content (AvgIpc) is 2.56. The molecule has 0 aliphatic heterocycles. The molecule has 1 aliphatic carbocycles. The second-order valence-corrected chi connectivity index (χ2v) is 6.55. The van der Waals surface area contributed by atoms with E-state index < -0.39 is 0 Å². The molecule has 0 radical (unpaired) electrons.